The maximum Gasteiger partial charge on any atom is 0.123 e. The molecule has 0 amide bonds. The number of pyridine rings is 1. The quantitative estimate of drug-likeness (QED) is 0.803. The van der Waals surface area contributed by atoms with Gasteiger partial charge in [0.2, 0.25) is 0 Å². The molecule has 2 heterocycles. The molecule has 1 N–H and O–H groups in total. The van der Waals surface area contributed by atoms with Crippen molar-refractivity contribution >= 4 is 0 Å². The van der Waals surface area contributed by atoms with Crippen molar-refractivity contribution in [3.63, 3.8) is 0 Å². The molecule has 0 saturated heterocycles. The zero-order valence-corrected chi connectivity index (χ0v) is 8.31. The number of hydrogen-bond donors (Lipinski definition) is 1. The van der Waals surface area contributed by atoms with Crippen molar-refractivity contribution < 1.29 is 0 Å². The first-order chi connectivity index (χ1) is 7.31. The molecule has 0 fully saturated rings. The summed E-state index contributed by atoms with van der Waals surface area (Å²) < 4.78 is 0. The molecule has 0 aliphatic rings. The van der Waals surface area contributed by atoms with Crippen LogP contribution >= 0.6 is 0 Å². The second kappa shape index (κ2) is 3.93. The Morgan fingerprint density at radius 3 is 2.80 bits per heavy atom. The monoisotopic (exact) mass is 198 g/mol. The Morgan fingerprint density at radius 2 is 2.13 bits per heavy atom. The molecule has 0 aromatic carbocycles. The van der Waals surface area contributed by atoms with Gasteiger partial charge in [-0.2, -0.15) is 5.26 Å². The standard InChI is InChI=1S/C11H10N4/c1-8(6-12)11-14-7-10(15-11)9-2-4-13-5-3-9/h2-5,7-8H,1H3,(H,14,15). The van der Waals surface area contributed by atoms with Crippen molar-refractivity contribution in [2.45, 2.75) is 12.8 Å². The summed E-state index contributed by atoms with van der Waals surface area (Å²) in [5.41, 5.74) is 1.93. The highest BCUT2D eigenvalue weighted by molar-refractivity contribution is 5.57. The highest BCUT2D eigenvalue weighted by Crippen LogP contribution is 2.18. The molecule has 15 heavy (non-hydrogen) atoms. The molecule has 1 atom stereocenters. The van der Waals surface area contributed by atoms with Crippen LogP contribution in [0.3, 0.4) is 0 Å². The number of rotatable bonds is 2. The van der Waals surface area contributed by atoms with Crippen molar-refractivity contribution in [1.82, 2.24) is 15.0 Å². The van der Waals surface area contributed by atoms with Gasteiger partial charge in [0.15, 0.2) is 0 Å². The number of imidazole rings is 1. The molecule has 4 heteroatoms. The summed E-state index contributed by atoms with van der Waals surface area (Å²) in [5.74, 6) is 0.491. The fourth-order valence-electron chi connectivity index (χ4n) is 1.30. The van der Waals surface area contributed by atoms with E-state index in [1.54, 1.807) is 18.6 Å². The SMILES string of the molecule is CC(C#N)c1ncc(-c2ccncc2)[nH]1. The van der Waals surface area contributed by atoms with Gasteiger partial charge in [-0.05, 0) is 19.1 Å². The summed E-state index contributed by atoms with van der Waals surface area (Å²) >= 11 is 0. The Kier molecular flexibility index (Phi) is 2.46. The molecule has 0 radical (unpaired) electrons. The summed E-state index contributed by atoms with van der Waals surface area (Å²) in [6, 6.07) is 5.93. The smallest absolute Gasteiger partial charge is 0.123 e. The van der Waals surface area contributed by atoms with E-state index >= 15 is 0 Å². The van der Waals surface area contributed by atoms with Crippen molar-refractivity contribution in [2.24, 2.45) is 0 Å². The number of nitriles is 1. The molecule has 0 bridgehead atoms. The van der Waals surface area contributed by atoms with Crippen LogP contribution in [0, 0.1) is 11.3 Å². The average molecular weight is 198 g/mol. The lowest BCUT2D eigenvalue weighted by atomic mass is 10.2. The molecule has 0 spiro atoms. The predicted octanol–water partition coefficient (Wildman–Crippen LogP) is 2.10. The fourth-order valence-corrected chi connectivity index (χ4v) is 1.30. The minimum atomic E-state index is -0.208. The van der Waals surface area contributed by atoms with Crippen LogP contribution in [0.25, 0.3) is 11.3 Å². The molecular formula is C11H10N4. The average Bonchev–Trinajstić information content (AvgIpc) is 2.78. The lowest BCUT2D eigenvalue weighted by Gasteiger charge is -1.97. The van der Waals surface area contributed by atoms with Gasteiger partial charge in [0, 0.05) is 18.0 Å². The molecule has 2 aromatic heterocycles. The molecule has 74 valence electrons. The number of aromatic nitrogens is 3. The second-order valence-corrected chi connectivity index (χ2v) is 3.27. The highest BCUT2D eigenvalue weighted by Gasteiger charge is 2.08. The van der Waals surface area contributed by atoms with Crippen LogP contribution in [0.2, 0.25) is 0 Å². The van der Waals surface area contributed by atoms with Gasteiger partial charge in [-0.3, -0.25) is 4.98 Å². The molecule has 0 aliphatic carbocycles. The maximum absolute atomic E-state index is 8.75. The first kappa shape index (κ1) is 9.41. The van der Waals surface area contributed by atoms with Gasteiger partial charge in [-0.1, -0.05) is 0 Å². The van der Waals surface area contributed by atoms with E-state index in [1.165, 1.54) is 0 Å². The lowest BCUT2D eigenvalue weighted by molar-refractivity contribution is 0.885. The van der Waals surface area contributed by atoms with Gasteiger partial charge >= 0.3 is 0 Å². The molecular weight excluding hydrogens is 188 g/mol. The Hall–Kier alpha value is -2.15. The molecule has 0 aliphatic heterocycles. The first-order valence-electron chi connectivity index (χ1n) is 4.66. The van der Waals surface area contributed by atoms with Gasteiger partial charge in [-0.25, -0.2) is 4.98 Å². The molecule has 2 aromatic rings. The van der Waals surface area contributed by atoms with Gasteiger partial charge < -0.3 is 4.98 Å². The van der Waals surface area contributed by atoms with Crippen molar-refractivity contribution in [3.05, 3.63) is 36.5 Å². The lowest BCUT2D eigenvalue weighted by Crippen LogP contribution is -1.91. The third-order valence-corrected chi connectivity index (χ3v) is 2.19. The minimum Gasteiger partial charge on any atom is -0.341 e. The Labute approximate surface area is 87.6 Å². The summed E-state index contributed by atoms with van der Waals surface area (Å²) in [4.78, 5) is 11.2. The number of hydrogen-bond acceptors (Lipinski definition) is 3. The molecule has 1 unspecified atom stereocenters. The van der Waals surface area contributed by atoms with Crippen LogP contribution in [0.1, 0.15) is 18.7 Å². The predicted molar refractivity (Wildman–Crippen MR) is 55.8 cm³/mol. The van der Waals surface area contributed by atoms with Gasteiger partial charge in [0.25, 0.3) is 0 Å². The summed E-state index contributed by atoms with van der Waals surface area (Å²) in [5, 5.41) is 8.75. The van der Waals surface area contributed by atoms with E-state index in [9.17, 15) is 0 Å². The van der Waals surface area contributed by atoms with Gasteiger partial charge in [-0.15, -0.1) is 0 Å². The zero-order chi connectivity index (χ0) is 10.7. The van der Waals surface area contributed by atoms with Crippen LogP contribution in [-0.4, -0.2) is 15.0 Å². The van der Waals surface area contributed by atoms with Crippen LogP contribution in [0.5, 0.6) is 0 Å². The first-order valence-corrected chi connectivity index (χ1v) is 4.66. The van der Waals surface area contributed by atoms with Crippen LogP contribution in [0.15, 0.2) is 30.7 Å². The largest absolute Gasteiger partial charge is 0.341 e. The zero-order valence-electron chi connectivity index (χ0n) is 8.31. The number of nitrogens with zero attached hydrogens (tertiary/aromatic N) is 3. The number of H-pyrrole nitrogens is 1. The van der Waals surface area contributed by atoms with Crippen molar-refractivity contribution in [2.75, 3.05) is 0 Å². The van der Waals surface area contributed by atoms with Crippen LogP contribution in [-0.2, 0) is 0 Å². The number of nitrogens with one attached hydrogen (secondary N) is 1. The third-order valence-electron chi connectivity index (χ3n) is 2.19. The summed E-state index contributed by atoms with van der Waals surface area (Å²) in [6.45, 7) is 1.81. The van der Waals surface area contributed by atoms with E-state index in [1.807, 2.05) is 19.1 Å². The van der Waals surface area contributed by atoms with E-state index in [0.29, 0.717) is 5.82 Å². The molecule has 4 nitrogen and oxygen atoms in total. The van der Waals surface area contributed by atoms with Gasteiger partial charge in [0.05, 0.1) is 18.0 Å². The van der Waals surface area contributed by atoms with Crippen molar-refractivity contribution in [3.8, 4) is 17.3 Å². The minimum absolute atomic E-state index is 0.208. The second-order valence-electron chi connectivity index (χ2n) is 3.27. The van der Waals surface area contributed by atoms with E-state index in [-0.39, 0.29) is 5.92 Å². The van der Waals surface area contributed by atoms with Crippen molar-refractivity contribution in [1.29, 1.82) is 5.26 Å². The normalized spacial score (nSPS) is 12.0. The van der Waals surface area contributed by atoms with E-state index in [0.717, 1.165) is 11.3 Å². The molecule has 0 saturated carbocycles. The molecule has 2 rings (SSSR count). The topological polar surface area (TPSA) is 65.4 Å². The van der Waals surface area contributed by atoms with E-state index < -0.39 is 0 Å². The van der Waals surface area contributed by atoms with E-state index in [2.05, 4.69) is 21.0 Å². The summed E-state index contributed by atoms with van der Waals surface area (Å²) in [6.07, 6.45) is 5.19. The van der Waals surface area contributed by atoms with Gasteiger partial charge in [0.1, 0.15) is 11.7 Å². The van der Waals surface area contributed by atoms with Crippen LogP contribution in [0.4, 0.5) is 0 Å². The van der Waals surface area contributed by atoms with Crippen LogP contribution < -0.4 is 0 Å². The highest BCUT2D eigenvalue weighted by atomic mass is 14.9. The summed E-state index contributed by atoms with van der Waals surface area (Å²) in [7, 11) is 0. The number of aromatic amines is 1. The van der Waals surface area contributed by atoms with E-state index in [4.69, 9.17) is 5.26 Å². The maximum atomic E-state index is 8.75. The third kappa shape index (κ3) is 1.86. The Balaban J connectivity index is 2.33. The Bertz CT molecular complexity index is 481. The Morgan fingerprint density at radius 1 is 1.40 bits per heavy atom. The fraction of sp³-hybridized carbons (Fsp3) is 0.182.